The van der Waals surface area contributed by atoms with Crippen molar-refractivity contribution in [3.63, 3.8) is 0 Å². The molecule has 0 spiro atoms. The predicted octanol–water partition coefficient (Wildman–Crippen LogP) is 4.15. The molecular formula is C19H25F3N2O3. The minimum absolute atomic E-state index is 0.203. The van der Waals surface area contributed by atoms with Crippen molar-refractivity contribution in [3.8, 4) is 0 Å². The zero-order valence-electron chi connectivity index (χ0n) is 15.9. The van der Waals surface area contributed by atoms with Crippen LogP contribution < -0.4 is 0 Å². The lowest BCUT2D eigenvalue weighted by Crippen LogP contribution is -2.52. The third kappa shape index (κ3) is 5.37. The Bertz CT molecular complexity index is 671. The van der Waals surface area contributed by atoms with E-state index in [0.29, 0.717) is 0 Å². The monoisotopic (exact) mass is 386 g/mol. The van der Waals surface area contributed by atoms with Gasteiger partial charge in [0.1, 0.15) is 5.60 Å². The highest BCUT2D eigenvalue weighted by Gasteiger charge is 2.45. The molecule has 0 aromatic heterocycles. The number of piperidine rings is 1. The van der Waals surface area contributed by atoms with Crippen LogP contribution in [0, 0.1) is 0 Å². The average Bonchev–Trinajstić information content (AvgIpc) is 2.58. The fraction of sp³-hybridized carbons (Fsp3) is 0.579. The van der Waals surface area contributed by atoms with E-state index in [0.717, 1.165) is 17.5 Å². The molecule has 0 saturated carbocycles. The minimum Gasteiger partial charge on any atom is -0.444 e. The zero-order valence-corrected chi connectivity index (χ0v) is 15.9. The van der Waals surface area contributed by atoms with Crippen LogP contribution in [0.4, 0.5) is 18.0 Å². The Labute approximate surface area is 157 Å². The Morgan fingerprint density at radius 2 is 1.74 bits per heavy atom. The van der Waals surface area contributed by atoms with Crippen LogP contribution in [0.25, 0.3) is 0 Å². The Hall–Kier alpha value is -2.25. The lowest BCUT2D eigenvalue weighted by Gasteiger charge is -2.42. The van der Waals surface area contributed by atoms with Crippen molar-refractivity contribution in [2.24, 2.45) is 0 Å². The highest BCUT2D eigenvalue weighted by molar-refractivity contribution is 5.82. The quantitative estimate of drug-likeness (QED) is 0.767. The molecule has 0 N–H and O–H groups in total. The van der Waals surface area contributed by atoms with Crippen LogP contribution in [0.2, 0.25) is 0 Å². The number of nitrogens with zero attached hydrogens (tertiary/aromatic N) is 2. The average molecular weight is 386 g/mol. The molecule has 1 fully saturated rings. The van der Waals surface area contributed by atoms with Gasteiger partial charge in [-0.15, -0.1) is 0 Å². The van der Waals surface area contributed by atoms with Crippen LogP contribution in [0.1, 0.15) is 45.2 Å². The van der Waals surface area contributed by atoms with Crippen LogP contribution in [0.5, 0.6) is 0 Å². The van der Waals surface area contributed by atoms with E-state index in [2.05, 4.69) is 0 Å². The Kier molecular flexibility index (Phi) is 6.07. The number of ether oxygens (including phenoxy) is 1. The van der Waals surface area contributed by atoms with E-state index in [1.54, 1.807) is 32.9 Å². The number of carbonyl (C=O) groups excluding carboxylic acids is 2. The Balaban J connectivity index is 2.25. The van der Waals surface area contributed by atoms with Gasteiger partial charge in [-0.1, -0.05) is 30.3 Å². The summed E-state index contributed by atoms with van der Waals surface area (Å²) in [6.45, 7) is 5.47. The first-order valence-corrected chi connectivity index (χ1v) is 8.78. The van der Waals surface area contributed by atoms with Gasteiger partial charge in [0.25, 0.3) is 0 Å². The topological polar surface area (TPSA) is 49.9 Å². The maximum Gasteiger partial charge on any atom is 0.471 e. The van der Waals surface area contributed by atoms with E-state index >= 15 is 0 Å². The Morgan fingerprint density at radius 1 is 1.15 bits per heavy atom. The van der Waals surface area contributed by atoms with Gasteiger partial charge in [0, 0.05) is 19.6 Å². The summed E-state index contributed by atoms with van der Waals surface area (Å²) in [5.74, 6) is -1.87. The number of carbonyl (C=O) groups is 2. The predicted molar refractivity (Wildman–Crippen MR) is 94.0 cm³/mol. The fourth-order valence-electron chi connectivity index (χ4n) is 3.19. The maximum absolute atomic E-state index is 12.8. The van der Waals surface area contributed by atoms with Crippen molar-refractivity contribution in [2.45, 2.75) is 57.5 Å². The molecule has 8 heteroatoms. The third-order valence-electron chi connectivity index (χ3n) is 4.50. The summed E-state index contributed by atoms with van der Waals surface area (Å²) in [6.07, 6.45) is -4.97. The Morgan fingerprint density at radius 3 is 2.26 bits per heavy atom. The first kappa shape index (κ1) is 21.1. The van der Waals surface area contributed by atoms with Crippen LogP contribution in [-0.4, -0.2) is 53.2 Å². The fourth-order valence-corrected chi connectivity index (χ4v) is 3.19. The van der Waals surface area contributed by atoms with Gasteiger partial charge in [-0.3, -0.25) is 4.79 Å². The standard InChI is InChI=1S/C19H25F3N2O3/c1-18(2,3)27-17(26)24-11-10-14(23(4)16(25)19(20,21)22)12-15(24)13-8-6-5-7-9-13/h5-9,14-15H,10-12H2,1-4H3/t14-,15+/m1/s1. The lowest BCUT2D eigenvalue weighted by atomic mass is 9.91. The molecule has 2 amide bonds. The molecule has 1 aliphatic rings. The first-order chi connectivity index (χ1) is 12.4. The lowest BCUT2D eigenvalue weighted by molar-refractivity contribution is -0.187. The van der Waals surface area contributed by atoms with Gasteiger partial charge >= 0.3 is 18.2 Å². The maximum atomic E-state index is 12.8. The van der Waals surface area contributed by atoms with Gasteiger partial charge < -0.3 is 14.5 Å². The molecule has 1 saturated heterocycles. The number of hydrogen-bond acceptors (Lipinski definition) is 3. The van der Waals surface area contributed by atoms with Crippen molar-refractivity contribution in [2.75, 3.05) is 13.6 Å². The molecule has 27 heavy (non-hydrogen) atoms. The van der Waals surface area contributed by atoms with Crippen molar-refractivity contribution in [3.05, 3.63) is 35.9 Å². The second-order valence-electron chi connectivity index (χ2n) is 7.69. The molecular weight excluding hydrogens is 361 g/mol. The molecule has 2 rings (SSSR count). The number of hydrogen-bond donors (Lipinski definition) is 0. The number of benzene rings is 1. The van der Waals surface area contributed by atoms with E-state index in [9.17, 15) is 22.8 Å². The number of rotatable bonds is 2. The van der Waals surface area contributed by atoms with Crippen LogP contribution in [-0.2, 0) is 9.53 Å². The van der Waals surface area contributed by atoms with E-state index in [1.807, 2.05) is 18.2 Å². The largest absolute Gasteiger partial charge is 0.471 e. The number of alkyl halides is 3. The van der Waals surface area contributed by atoms with Crippen LogP contribution in [0.15, 0.2) is 30.3 Å². The second kappa shape index (κ2) is 7.78. The molecule has 1 aromatic carbocycles. The summed E-state index contributed by atoms with van der Waals surface area (Å²) >= 11 is 0. The minimum atomic E-state index is -4.92. The first-order valence-electron chi connectivity index (χ1n) is 8.78. The summed E-state index contributed by atoms with van der Waals surface area (Å²) in [7, 11) is 1.16. The molecule has 0 aliphatic carbocycles. The smallest absolute Gasteiger partial charge is 0.444 e. The molecule has 0 bridgehead atoms. The molecule has 0 unspecified atom stereocenters. The van der Waals surface area contributed by atoms with Crippen LogP contribution >= 0.6 is 0 Å². The van der Waals surface area contributed by atoms with Gasteiger partial charge in [-0.25, -0.2) is 4.79 Å². The van der Waals surface area contributed by atoms with Crippen molar-refractivity contribution < 1.29 is 27.5 Å². The van der Waals surface area contributed by atoms with Gasteiger partial charge in [-0.2, -0.15) is 13.2 Å². The van der Waals surface area contributed by atoms with E-state index in [-0.39, 0.29) is 19.4 Å². The molecule has 0 radical (unpaired) electrons. The molecule has 1 aromatic rings. The van der Waals surface area contributed by atoms with E-state index in [1.165, 1.54) is 4.90 Å². The highest BCUT2D eigenvalue weighted by atomic mass is 19.4. The highest BCUT2D eigenvalue weighted by Crippen LogP contribution is 2.35. The zero-order chi connectivity index (χ0) is 20.4. The summed E-state index contributed by atoms with van der Waals surface area (Å²) in [6, 6.07) is 7.96. The van der Waals surface area contributed by atoms with Gasteiger partial charge in [0.05, 0.1) is 6.04 Å². The van der Waals surface area contributed by atoms with Crippen molar-refractivity contribution in [1.29, 1.82) is 0 Å². The SMILES string of the molecule is CN(C(=O)C(F)(F)F)[C@@H]1CCN(C(=O)OC(C)(C)C)[C@H](c2ccccc2)C1. The third-order valence-corrected chi connectivity index (χ3v) is 4.50. The van der Waals surface area contributed by atoms with E-state index < -0.39 is 35.9 Å². The summed E-state index contributed by atoms with van der Waals surface area (Å²) < 4.78 is 43.8. The summed E-state index contributed by atoms with van der Waals surface area (Å²) in [4.78, 5) is 26.5. The summed E-state index contributed by atoms with van der Waals surface area (Å²) in [5.41, 5.74) is 0.110. The molecule has 1 heterocycles. The van der Waals surface area contributed by atoms with Gasteiger partial charge in [0.2, 0.25) is 0 Å². The second-order valence-corrected chi connectivity index (χ2v) is 7.69. The van der Waals surface area contributed by atoms with Crippen molar-refractivity contribution >= 4 is 12.0 Å². The normalized spacial score (nSPS) is 20.9. The molecule has 5 nitrogen and oxygen atoms in total. The van der Waals surface area contributed by atoms with Crippen molar-refractivity contribution in [1.82, 2.24) is 9.80 Å². The molecule has 2 atom stereocenters. The number of likely N-dealkylation sites (tertiary alicyclic amines) is 1. The van der Waals surface area contributed by atoms with Gasteiger partial charge in [0.15, 0.2) is 0 Å². The van der Waals surface area contributed by atoms with Gasteiger partial charge in [-0.05, 0) is 39.2 Å². The van der Waals surface area contributed by atoms with E-state index in [4.69, 9.17) is 4.74 Å². The summed E-state index contributed by atoms with van der Waals surface area (Å²) in [5, 5.41) is 0. The molecule has 150 valence electrons. The van der Waals surface area contributed by atoms with Crippen LogP contribution in [0.3, 0.4) is 0 Å². The molecule has 1 aliphatic heterocycles. The number of halogens is 3. The number of amides is 2.